The van der Waals surface area contributed by atoms with Gasteiger partial charge in [0.15, 0.2) is 0 Å². The molecule has 0 N–H and O–H groups in total. The van der Waals surface area contributed by atoms with Crippen LogP contribution in [-0.4, -0.2) is 29.8 Å². The van der Waals surface area contributed by atoms with Crippen molar-refractivity contribution in [2.24, 2.45) is 0 Å². The molecule has 1 heterocycles. The van der Waals surface area contributed by atoms with E-state index < -0.39 is 0 Å². The normalized spacial score (nSPS) is 21.0. The SMILES string of the molecule is c1ccc(COCC2SCC(OCc3ccccc3)C2OCc2ccccc2)cc1. The summed E-state index contributed by atoms with van der Waals surface area (Å²) in [5.74, 6) is 0.922. The van der Waals surface area contributed by atoms with Gasteiger partial charge in [-0.3, -0.25) is 0 Å². The fraction of sp³-hybridized carbons (Fsp3) is 0.308. The monoisotopic (exact) mass is 420 g/mol. The van der Waals surface area contributed by atoms with E-state index in [0.717, 1.165) is 5.75 Å². The Balaban J connectivity index is 1.35. The van der Waals surface area contributed by atoms with E-state index in [9.17, 15) is 0 Å². The van der Waals surface area contributed by atoms with E-state index in [0.29, 0.717) is 26.4 Å². The molecule has 0 radical (unpaired) electrons. The summed E-state index contributed by atoms with van der Waals surface area (Å²) in [7, 11) is 0. The molecule has 156 valence electrons. The third kappa shape index (κ3) is 6.19. The molecular weight excluding hydrogens is 392 g/mol. The second-order valence-electron chi connectivity index (χ2n) is 7.47. The Bertz CT molecular complexity index is 857. The van der Waals surface area contributed by atoms with Crippen LogP contribution in [0, 0.1) is 0 Å². The van der Waals surface area contributed by atoms with Gasteiger partial charge >= 0.3 is 0 Å². The van der Waals surface area contributed by atoms with Crippen molar-refractivity contribution in [2.75, 3.05) is 12.4 Å². The van der Waals surface area contributed by atoms with Crippen molar-refractivity contribution in [1.82, 2.24) is 0 Å². The molecule has 0 bridgehead atoms. The van der Waals surface area contributed by atoms with Crippen LogP contribution in [0.3, 0.4) is 0 Å². The number of ether oxygens (including phenoxy) is 3. The van der Waals surface area contributed by atoms with Crippen molar-refractivity contribution in [3.05, 3.63) is 108 Å². The predicted octanol–water partition coefficient (Wildman–Crippen LogP) is 5.49. The molecule has 30 heavy (non-hydrogen) atoms. The average molecular weight is 421 g/mol. The first kappa shape index (κ1) is 21.1. The minimum absolute atomic E-state index is 0.00897. The maximum absolute atomic E-state index is 6.38. The summed E-state index contributed by atoms with van der Waals surface area (Å²) in [6.45, 7) is 2.48. The second-order valence-corrected chi connectivity index (χ2v) is 8.74. The third-order valence-corrected chi connectivity index (χ3v) is 6.55. The van der Waals surface area contributed by atoms with Gasteiger partial charge in [0.1, 0.15) is 0 Å². The van der Waals surface area contributed by atoms with Crippen LogP contribution < -0.4 is 0 Å². The lowest BCUT2D eigenvalue weighted by Gasteiger charge is -2.25. The molecule has 3 aromatic carbocycles. The molecule has 0 aliphatic carbocycles. The molecule has 0 spiro atoms. The molecule has 0 saturated carbocycles. The van der Waals surface area contributed by atoms with Crippen molar-refractivity contribution in [3.63, 3.8) is 0 Å². The van der Waals surface area contributed by atoms with Crippen LogP contribution in [0.25, 0.3) is 0 Å². The van der Waals surface area contributed by atoms with Crippen molar-refractivity contribution in [1.29, 1.82) is 0 Å². The van der Waals surface area contributed by atoms with Crippen LogP contribution in [0.5, 0.6) is 0 Å². The van der Waals surface area contributed by atoms with Crippen molar-refractivity contribution in [3.8, 4) is 0 Å². The molecule has 0 amide bonds. The quantitative estimate of drug-likeness (QED) is 0.433. The van der Waals surface area contributed by atoms with Crippen LogP contribution >= 0.6 is 11.8 Å². The molecule has 3 nitrogen and oxygen atoms in total. The summed E-state index contributed by atoms with van der Waals surface area (Å²) in [6, 6.07) is 30.9. The first-order valence-electron chi connectivity index (χ1n) is 10.4. The molecule has 1 saturated heterocycles. The number of benzene rings is 3. The van der Waals surface area contributed by atoms with Crippen LogP contribution in [0.2, 0.25) is 0 Å². The molecule has 0 aromatic heterocycles. The zero-order valence-corrected chi connectivity index (χ0v) is 17.9. The summed E-state index contributed by atoms with van der Waals surface area (Å²) in [5, 5.41) is 0.262. The van der Waals surface area contributed by atoms with Gasteiger partial charge in [0.2, 0.25) is 0 Å². The zero-order chi connectivity index (χ0) is 20.4. The lowest BCUT2D eigenvalue weighted by Crippen LogP contribution is -2.36. The standard InChI is InChI=1S/C26H28O3S/c1-4-10-21(11-5-1)16-27-19-25-26(29-18-23-14-8-3-9-15-23)24(20-30-25)28-17-22-12-6-2-7-13-22/h1-15,24-26H,16-20H2. The highest BCUT2D eigenvalue weighted by atomic mass is 32.2. The zero-order valence-electron chi connectivity index (χ0n) is 17.1. The molecule has 3 unspecified atom stereocenters. The van der Waals surface area contributed by atoms with E-state index in [-0.39, 0.29) is 17.5 Å². The lowest BCUT2D eigenvalue weighted by molar-refractivity contribution is -0.0768. The van der Waals surface area contributed by atoms with E-state index in [1.54, 1.807) is 0 Å². The Morgan fingerprint density at radius 3 is 1.70 bits per heavy atom. The van der Waals surface area contributed by atoms with Gasteiger partial charge in [-0.1, -0.05) is 91.0 Å². The second kappa shape index (κ2) is 11.3. The highest BCUT2D eigenvalue weighted by Gasteiger charge is 2.38. The minimum atomic E-state index is 0.00897. The molecule has 3 atom stereocenters. The third-order valence-electron chi connectivity index (χ3n) is 5.19. The van der Waals surface area contributed by atoms with Crippen molar-refractivity contribution >= 4 is 11.8 Å². The Morgan fingerprint density at radius 2 is 1.13 bits per heavy atom. The topological polar surface area (TPSA) is 27.7 Å². The molecule has 1 aliphatic heterocycles. The van der Waals surface area contributed by atoms with E-state index in [4.69, 9.17) is 14.2 Å². The van der Waals surface area contributed by atoms with E-state index in [2.05, 4.69) is 36.4 Å². The Labute approximate surface area is 183 Å². The van der Waals surface area contributed by atoms with Crippen molar-refractivity contribution < 1.29 is 14.2 Å². The van der Waals surface area contributed by atoms with Crippen LogP contribution in [-0.2, 0) is 34.0 Å². The first-order valence-corrected chi connectivity index (χ1v) is 11.5. The maximum atomic E-state index is 6.38. The predicted molar refractivity (Wildman–Crippen MR) is 122 cm³/mol. The highest BCUT2D eigenvalue weighted by molar-refractivity contribution is 8.00. The number of thioether (sulfide) groups is 1. The van der Waals surface area contributed by atoms with Gasteiger partial charge in [-0.05, 0) is 16.7 Å². The van der Waals surface area contributed by atoms with Crippen molar-refractivity contribution in [2.45, 2.75) is 37.3 Å². The molecule has 3 aromatic rings. The van der Waals surface area contributed by atoms with Gasteiger partial charge < -0.3 is 14.2 Å². The first-order chi connectivity index (χ1) is 14.9. The van der Waals surface area contributed by atoms with Gasteiger partial charge in [-0.25, -0.2) is 0 Å². The Morgan fingerprint density at radius 1 is 0.633 bits per heavy atom. The van der Waals surface area contributed by atoms with Gasteiger partial charge in [0.05, 0.1) is 43.9 Å². The van der Waals surface area contributed by atoms with E-state index in [1.165, 1.54) is 16.7 Å². The lowest BCUT2D eigenvalue weighted by atomic mass is 10.1. The largest absolute Gasteiger partial charge is 0.376 e. The average Bonchev–Trinajstić information content (AvgIpc) is 3.20. The van der Waals surface area contributed by atoms with Gasteiger partial charge in [-0.2, -0.15) is 11.8 Å². The van der Waals surface area contributed by atoms with E-state index >= 15 is 0 Å². The summed E-state index contributed by atoms with van der Waals surface area (Å²) in [6.07, 6.45) is 0.0685. The van der Waals surface area contributed by atoms with Gasteiger partial charge in [-0.15, -0.1) is 0 Å². The molecular formula is C26H28O3S. The summed E-state index contributed by atoms with van der Waals surface area (Å²) in [4.78, 5) is 0. The smallest absolute Gasteiger partial charge is 0.0990 e. The summed E-state index contributed by atoms with van der Waals surface area (Å²) >= 11 is 1.89. The van der Waals surface area contributed by atoms with Crippen LogP contribution in [0.1, 0.15) is 16.7 Å². The Hall–Kier alpha value is -2.11. The number of hydrogen-bond donors (Lipinski definition) is 0. The highest BCUT2D eigenvalue weighted by Crippen LogP contribution is 2.33. The fourth-order valence-corrected chi connectivity index (χ4v) is 4.92. The molecule has 1 fully saturated rings. The molecule has 1 aliphatic rings. The Kier molecular flexibility index (Phi) is 7.98. The molecule has 4 rings (SSSR count). The minimum Gasteiger partial charge on any atom is -0.376 e. The van der Waals surface area contributed by atoms with E-state index in [1.807, 2.05) is 66.4 Å². The summed E-state index contributed by atoms with van der Waals surface area (Å²) in [5.41, 5.74) is 3.56. The fourth-order valence-electron chi connectivity index (χ4n) is 3.56. The summed E-state index contributed by atoms with van der Waals surface area (Å²) < 4.78 is 18.7. The number of rotatable bonds is 10. The van der Waals surface area contributed by atoms with Crippen LogP contribution in [0.4, 0.5) is 0 Å². The van der Waals surface area contributed by atoms with Gasteiger partial charge in [0, 0.05) is 5.75 Å². The van der Waals surface area contributed by atoms with Crippen LogP contribution in [0.15, 0.2) is 91.0 Å². The number of hydrogen-bond acceptors (Lipinski definition) is 4. The van der Waals surface area contributed by atoms with Gasteiger partial charge in [0.25, 0.3) is 0 Å². The maximum Gasteiger partial charge on any atom is 0.0990 e. The molecule has 4 heteroatoms.